The summed E-state index contributed by atoms with van der Waals surface area (Å²) in [6.07, 6.45) is 2.11. The Bertz CT molecular complexity index is 1950. The monoisotopic (exact) mass is 749 g/mol. The third-order valence-electron chi connectivity index (χ3n) is 9.42. The normalized spacial score (nSPS) is 18.3. The minimum Gasteiger partial charge on any atom is -0.497 e. The van der Waals surface area contributed by atoms with Crippen LogP contribution >= 0.6 is 0 Å². The Balaban J connectivity index is 1.40. The lowest BCUT2D eigenvalue weighted by Crippen LogP contribution is -2.53. The summed E-state index contributed by atoms with van der Waals surface area (Å²) in [5.41, 5.74) is 1.80. The number of likely N-dealkylation sites (tertiary alicyclic amines) is 1. The molecule has 1 saturated heterocycles. The highest BCUT2D eigenvalue weighted by Crippen LogP contribution is 2.34. The molecule has 2 aromatic heterocycles. The van der Waals surface area contributed by atoms with Gasteiger partial charge in [0.05, 0.1) is 18.9 Å². The molecular formula is C38H51N7O7S. The van der Waals surface area contributed by atoms with Crippen molar-refractivity contribution < 1.29 is 32.3 Å². The second kappa shape index (κ2) is 16.4. The summed E-state index contributed by atoms with van der Waals surface area (Å²) in [5.74, 6) is 0.703. The van der Waals surface area contributed by atoms with E-state index in [1.807, 2.05) is 83.1 Å². The highest BCUT2D eigenvalue weighted by atomic mass is 32.2. The number of pyridine rings is 2. The van der Waals surface area contributed by atoms with Gasteiger partial charge in [0.1, 0.15) is 35.6 Å². The van der Waals surface area contributed by atoms with Crippen molar-refractivity contribution in [2.75, 3.05) is 38.0 Å². The van der Waals surface area contributed by atoms with E-state index in [1.54, 1.807) is 7.11 Å². The molecule has 4 atom stereocenters. The number of rotatable bonds is 16. The number of nitrogens with one attached hydrogen (secondary N) is 3. The maximum Gasteiger partial charge on any atom is 0.246 e. The number of ether oxygens (including phenoxy) is 2. The molecule has 1 aliphatic carbocycles. The number of carbonyl (C=O) groups is 3. The number of aromatic nitrogens is 2. The van der Waals surface area contributed by atoms with Gasteiger partial charge in [-0.3, -0.25) is 19.1 Å². The van der Waals surface area contributed by atoms with Crippen LogP contribution < -0.4 is 29.7 Å². The van der Waals surface area contributed by atoms with Crippen molar-refractivity contribution in [2.24, 2.45) is 5.92 Å². The van der Waals surface area contributed by atoms with Crippen molar-refractivity contribution in [1.82, 2.24) is 24.9 Å². The van der Waals surface area contributed by atoms with Crippen LogP contribution in [0.5, 0.6) is 11.6 Å². The number of carbonyl (C=O) groups excluding carboxylic acids is 3. The first-order chi connectivity index (χ1) is 25.1. The summed E-state index contributed by atoms with van der Waals surface area (Å²) in [6, 6.07) is 9.04. The van der Waals surface area contributed by atoms with Gasteiger partial charge in [0.15, 0.2) is 0 Å². The van der Waals surface area contributed by atoms with E-state index in [4.69, 9.17) is 14.5 Å². The zero-order valence-electron chi connectivity index (χ0n) is 31.5. The van der Waals surface area contributed by atoms with Gasteiger partial charge >= 0.3 is 0 Å². The molecule has 1 aromatic carbocycles. The van der Waals surface area contributed by atoms with Crippen LogP contribution in [-0.2, 0) is 24.4 Å². The lowest BCUT2D eigenvalue weighted by molar-refractivity contribution is -0.140. The van der Waals surface area contributed by atoms with E-state index in [-0.39, 0.29) is 37.6 Å². The van der Waals surface area contributed by atoms with Crippen LogP contribution in [0.3, 0.4) is 0 Å². The molecule has 0 radical (unpaired) electrons. The number of benzene rings is 1. The maximum absolute atomic E-state index is 14.5. The van der Waals surface area contributed by atoms with Crippen LogP contribution in [0.25, 0.3) is 10.8 Å². The SMILES string of the molecule is C=C[C@H](CCC(=O)NS(=O)(=O)C1CC1)NC(=O)[C@@H]1C[C@@H](Oc2nc(N(C)C)cc3cc(OC)ccc23)CN1C(=O)C(Nc1cc(C)cc(C)n1)C(C)C. The number of sulfonamides is 1. The van der Waals surface area contributed by atoms with Gasteiger partial charge in [-0.15, -0.1) is 6.58 Å². The van der Waals surface area contributed by atoms with E-state index in [2.05, 4.69) is 26.9 Å². The molecule has 1 unspecified atom stereocenters. The summed E-state index contributed by atoms with van der Waals surface area (Å²) in [7, 11) is 1.67. The van der Waals surface area contributed by atoms with Crippen molar-refractivity contribution in [3.05, 3.63) is 60.3 Å². The molecule has 3 amide bonds. The first kappa shape index (κ1) is 39.3. The van der Waals surface area contributed by atoms with Crippen LogP contribution in [-0.4, -0.2) is 98.2 Å². The Morgan fingerprint density at radius 3 is 2.45 bits per heavy atom. The van der Waals surface area contributed by atoms with Crippen molar-refractivity contribution in [1.29, 1.82) is 0 Å². The quantitative estimate of drug-likeness (QED) is 0.182. The minimum atomic E-state index is -3.69. The van der Waals surface area contributed by atoms with Gasteiger partial charge in [0, 0.05) is 44.1 Å². The molecule has 14 nitrogen and oxygen atoms in total. The standard InChI is InChI=1S/C38H51N7O7S/c1-9-26(10-15-34(46)43-53(49,50)29-12-13-29)40-36(47)31-20-28(52-37-30-14-11-27(51-8)18-25(30)19-33(42-37)44(6)7)21-45(31)38(48)35(22(2)3)41-32-17-23(4)16-24(5)39-32/h9,11,14,16-19,22,26,28-29,31,35H,1,10,12-13,15,20-21H2,2-8H3,(H,39,41)(H,40,47)(H,43,46)/t26-,28-,31+,35?/m1/s1. The first-order valence-corrected chi connectivity index (χ1v) is 19.5. The molecule has 3 heterocycles. The molecule has 2 fully saturated rings. The van der Waals surface area contributed by atoms with Crippen LogP contribution in [0, 0.1) is 19.8 Å². The Morgan fingerprint density at radius 1 is 1.09 bits per heavy atom. The van der Waals surface area contributed by atoms with Crippen LogP contribution in [0.15, 0.2) is 49.1 Å². The largest absolute Gasteiger partial charge is 0.497 e. The number of anilines is 2. The predicted molar refractivity (Wildman–Crippen MR) is 205 cm³/mol. The third kappa shape index (κ3) is 9.75. The van der Waals surface area contributed by atoms with Gasteiger partial charge in [0.2, 0.25) is 33.6 Å². The smallest absolute Gasteiger partial charge is 0.246 e. The molecule has 3 aromatic rings. The number of hydrogen-bond donors (Lipinski definition) is 3. The van der Waals surface area contributed by atoms with Crippen molar-refractivity contribution >= 4 is 50.2 Å². The second-order valence-electron chi connectivity index (χ2n) is 14.4. The average Bonchev–Trinajstić information content (AvgIpc) is 3.88. The van der Waals surface area contributed by atoms with Crippen molar-refractivity contribution in [3.8, 4) is 11.6 Å². The van der Waals surface area contributed by atoms with E-state index >= 15 is 0 Å². The Hall–Kier alpha value is -4.92. The zero-order valence-corrected chi connectivity index (χ0v) is 32.3. The highest BCUT2D eigenvalue weighted by Gasteiger charge is 2.44. The van der Waals surface area contributed by atoms with Crippen LogP contribution in [0.4, 0.5) is 11.6 Å². The van der Waals surface area contributed by atoms with Gasteiger partial charge < -0.3 is 29.9 Å². The summed E-state index contributed by atoms with van der Waals surface area (Å²) in [5, 5.41) is 7.31. The fourth-order valence-electron chi connectivity index (χ4n) is 6.42. The van der Waals surface area contributed by atoms with Gasteiger partial charge in [-0.1, -0.05) is 19.9 Å². The summed E-state index contributed by atoms with van der Waals surface area (Å²) >= 11 is 0. The van der Waals surface area contributed by atoms with E-state index in [0.29, 0.717) is 36.1 Å². The summed E-state index contributed by atoms with van der Waals surface area (Å²) in [6.45, 7) is 11.6. The van der Waals surface area contributed by atoms with E-state index < -0.39 is 51.3 Å². The van der Waals surface area contributed by atoms with Crippen molar-refractivity contribution in [3.63, 3.8) is 0 Å². The summed E-state index contributed by atoms with van der Waals surface area (Å²) in [4.78, 5) is 53.9. The number of fused-ring (bicyclic) bond motifs is 1. The molecule has 0 spiro atoms. The average molecular weight is 750 g/mol. The Morgan fingerprint density at radius 2 is 1.83 bits per heavy atom. The van der Waals surface area contributed by atoms with Crippen LogP contribution in [0.1, 0.15) is 57.2 Å². The van der Waals surface area contributed by atoms with Gasteiger partial charge in [0.25, 0.3) is 0 Å². The van der Waals surface area contributed by atoms with E-state index in [9.17, 15) is 22.8 Å². The van der Waals surface area contributed by atoms with Crippen molar-refractivity contribution in [2.45, 2.75) is 89.3 Å². The first-order valence-electron chi connectivity index (χ1n) is 17.9. The summed E-state index contributed by atoms with van der Waals surface area (Å²) < 4.78 is 38.6. The second-order valence-corrected chi connectivity index (χ2v) is 16.4. The van der Waals surface area contributed by atoms with Crippen LogP contribution in [0.2, 0.25) is 0 Å². The lowest BCUT2D eigenvalue weighted by atomic mass is 10.0. The number of amides is 3. The fraction of sp³-hybridized carbons (Fsp3) is 0.500. The number of methoxy groups -OCH3 is 1. The van der Waals surface area contributed by atoms with E-state index in [1.165, 1.54) is 11.0 Å². The molecule has 15 heteroatoms. The van der Waals surface area contributed by atoms with E-state index in [0.717, 1.165) is 22.0 Å². The Labute approximate surface area is 311 Å². The number of aryl methyl sites for hydroxylation is 2. The number of hydrogen-bond acceptors (Lipinski definition) is 11. The molecule has 286 valence electrons. The molecule has 1 saturated carbocycles. The molecule has 1 aliphatic heterocycles. The minimum absolute atomic E-state index is 0.105. The predicted octanol–water partition coefficient (Wildman–Crippen LogP) is 3.87. The third-order valence-corrected chi connectivity index (χ3v) is 11.3. The fourth-order valence-corrected chi connectivity index (χ4v) is 7.76. The molecule has 2 aliphatic rings. The Kier molecular flexibility index (Phi) is 12.2. The lowest BCUT2D eigenvalue weighted by Gasteiger charge is -2.31. The molecule has 3 N–H and O–H groups in total. The zero-order chi connectivity index (χ0) is 38.6. The topological polar surface area (TPSA) is 172 Å². The van der Waals surface area contributed by atoms with Gasteiger partial charge in [-0.25, -0.2) is 13.4 Å². The van der Waals surface area contributed by atoms with Gasteiger partial charge in [-0.05, 0) is 86.4 Å². The van der Waals surface area contributed by atoms with Gasteiger partial charge in [-0.2, -0.15) is 4.98 Å². The molecule has 0 bridgehead atoms. The molecular weight excluding hydrogens is 699 g/mol. The highest BCUT2D eigenvalue weighted by molar-refractivity contribution is 7.90. The molecule has 5 rings (SSSR count). The molecule has 53 heavy (non-hydrogen) atoms. The maximum atomic E-state index is 14.5. The number of nitrogens with zero attached hydrogens (tertiary/aromatic N) is 4.